The topological polar surface area (TPSA) is 46.9 Å². The Bertz CT molecular complexity index is 690. The molecule has 0 saturated carbocycles. The van der Waals surface area contributed by atoms with Crippen LogP contribution in [0.1, 0.15) is 15.9 Å². The van der Waals surface area contributed by atoms with E-state index in [0.29, 0.717) is 5.56 Å². The van der Waals surface area contributed by atoms with E-state index in [-0.39, 0.29) is 5.91 Å². The van der Waals surface area contributed by atoms with Crippen LogP contribution in [0.15, 0.2) is 59.8 Å². The Balaban J connectivity index is 1.73. The maximum Gasteiger partial charge on any atom is 0.256 e. The maximum atomic E-state index is 12.0. The monoisotopic (exact) mass is 283 g/mol. The van der Waals surface area contributed by atoms with E-state index < -0.39 is 0 Å². The van der Waals surface area contributed by atoms with Gasteiger partial charge in [0.25, 0.3) is 5.91 Å². The van der Waals surface area contributed by atoms with Crippen LogP contribution in [0.2, 0.25) is 0 Å². The van der Waals surface area contributed by atoms with Gasteiger partial charge in [-0.3, -0.25) is 4.79 Å². The fraction of sp³-hybridized carbons (Fsp3) is 0.0667. The van der Waals surface area contributed by atoms with Gasteiger partial charge in [0.15, 0.2) is 0 Å². The molecule has 2 heterocycles. The number of nitrogens with zero attached hydrogens (tertiary/aromatic N) is 2. The molecule has 5 heteroatoms. The van der Waals surface area contributed by atoms with Gasteiger partial charge in [-0.2, -0.15) is 11.3 Å². The summed E-state index contributed by atoms with van der Waals surface area (Å²) in [6, 6.07) is 9.65. The number of rotatable bonds is 4. The quantitative estimate of drug-likeness (QED) is 0.799. The lowest BCUT2D eigenvalue weighted by molar-refractivity contribution is 0.102. The molecule has 1 N–H and O–H groups in total. The van der Waals surface area contributed by atoms with Crippen molar-refractivity contribution in [2.45, 2.75) is 6.54 Å². The molecule has 0 aliphatic rings. The Morgan fingerprint density at radius 1 is 1.35 bits per heavy atom. The van der Waals surface area contributed by atoms with Gasteiger partial charge >= 0.3 is 0 Å². The zero-order valence-corrected chi connectivity index (χ0v) is 11.5. The van der Waals surface area contributed by atoms with Gasteiger partial charge < -0.3 is 9.88 Å². The van der Waals surface area contributed by atoms with E-state index in [9.17, 15) is 4.79 Å². The molecule has 0 atom stereocenters. The zero-order valence-electron chi connectivity index (χ0n) is 10.7. The Morgan fingerprint density at radius 2 is 2.30 bits per heavy atom. The second-order valence-electron chi connectivity index (χ2n) is 4.40. The highest BCUT2D eigenvalue weighted by molar-refractivity contribution is 7.08. The summed E-state index contributed by atoms with van der Waals surface area (Å²) in [4.78, 5) is 16.0. The molecule has 3 aromatic rings. The molecule has 0 bridgehead atoms. The number of thiophene rings is 1. The van der Waals surface area contributed by atoms with Crippen molar-refractivity contribution >= 4 is 22.9 Å². The van der Waals surface area contributed by atoms with Crippen molar-refractivity contribution in [3.63, 3.8) is 0 Å². The van der Waals surface area contributed by atoms with Crippen LogP contribution in [0.5, 0.6) is 0 Å². The van der Waals surface area contributed by atoms with Gasteiger partial charge in [0, 0.05) is 30.0 Å². The molecule has 0 spiro atoms. The van der Waals surface area contributed by atoms with Crippen molar-refractivity contribution in [1.29, 1.82) is 0 Å². The summed E-state index contributed by atoms with van der Waals surface area (Å²) >= 11 is 1.51. The number of amides is 1. The summed E-state index contributed by atoms with van der Waals surface area (Å²) in [5, 5.41) is 6.64. The van der Waals surface area contributed by atoms with E-state index in [0.717, 1.165) is 17.8 Å². The van der Waals surface area contributed by atoms with E-state index in [1.165, 1.54) is 11.3 Å². The highest BCUT2D eigenvalue weighted by Gasteiger charge is 2.06. The number of anilines is 1. The smallest absolute Gasteiger partial charge is 0.256 e. The van der Waals surface area contributed by atoms with Crippen molar-refractivity contribution in [1.82, 2.24) is 9.55 Å². The van der Waals surface area contributed by atoms with Gasteiger partial charge in [-0.15, -0.1) is 0 Å². The van der Waals surface area contributed by atoms with E-state index in [4.69, 9.17) is 0 Å². The number of aromatic nitrogens is 2. The normalized spacial score (nSPS) is 10.4. The van der Waals surface area contributed by atoms with Gasteiger partial charge in [-0.1, -0.05) is 12.1 Å². The van der Waals surface area contributed by atoms with Crippen molar-refractivity contribution in [3.8, 4) is 0 Å². The molecule has 0 unspecified atom stereocenters. The Hall–Kier alpha value is -2.40. The molecule has 0 fully saturated rings. The van der Waals surface area contributed by atoms with E-state index >= 15 is 0 Å². The van der Waals surface area contributed by atoms with Crippen LogP contribution < -0.4 is 5.32 Å². The van der Waals surface area contributed by atoms with Crippen LogP contribution >= 0.6 is 11.3 Å². The summed E-state index contributed by atoms with van der Waals surface area (Å²) in [5.41, 5.74) is 2.61. The van der Waals surface area contributed by atoms with Gasteiger partial charge in [-0.05, 0) is 29.1 Å². The van der Waals surface area contributed by atoms with Gasteiger partial charge in [0.2, 0.25) is 0 Å². The van der Waals surface area contributed by atoms with Crippen molar-refractivity contribution in [2.75, 3.05) is 5.32 Å². The van der Waals surface area contributed by atoms with Crippen LogP contribution in [0.4, 0.5) is 5.69 Å². The van der Waals surface area contributed by atoms with Gasteiger partial charge in [0.05, 0.1) is 11.9 Å². The van der Waals surface area contributed by atoms with Gasteiger partial charge in [0.1, 0.15) is 0 Å². The fourth-order valence-corrected chi connectivity index (χ4v) is 2.57. The molecule has 4 nitrogen and oxygen atoms in total. The Kier molecular flexibility index (Phi) is 3.60. The second kappa shape index (κ2) is 5.71. The molecule has 2 aromatic heterocycles. The van der Waals surface area contributed by atoms with Crippen LogP contribution in [-0.2, 0) is 6.54 Å². The third kappa shape index (κ3) is 2.95. The average Bonchev–Trinajstić information content (AvgIpc) is 3.12. The third-order valence-electron chi connectivity index (χ3n) is 2.89. The highest BCUT2D eigenvalue weighted by atomic mass is 32.1. The SMILES string of the molecule is O=C(Nc1cccc(Cn2ccnc2)c1)c1ccsc1. The molecule has 20 heavy (non-hydrogen) atoms. The molecular weight excluding hydrogens is 270 g/mol. The number of hydrogen-bond donors (Lipinski definition) is 1. The first-order valence-electron chi connectivity index (χ1n) is 6.19. The number of nitrogens with one attached hydrogen (secondary N) is 1. The summed E-state index contributed by atoms with van der Waals surface area (Å²) < 4.78 is 1.99. The summed E-state index contributed by atoms with van der Waals surface area (Å²) in [6.07, 6.45) is 5.44. The van der Waals surface area contributed by atoms with Crippen LogP contribution in [0, 0.1) is 0 Å². The first kappa shape index (κ1) is 12.6. The number of imidazole rings is 1. The van der Waals surface area contributed by atoms with Crippen molar-refractivity contribution in [3.05, 3.63) is 70.9 Å². The minimum atomic E-state index is -0.0777. The lowest BCUT2D eigenvalue weighted by Crippen LogP contribution is -2.11. The predicted octanol–water partition coefficient (Wildman–Crippen LogP) is 3.25. The molecule has 1 aromatic carbocycles. The fourth-order valence-electron chi connectivity index (χ4n) is 1.94. The van der Waals surface area contributed by atoms with E-state index in [1.807, 2.05) is 51.9 Å². The molecule has 3 rings (SSSR count). The Morgan fingerprint density at radius 3 is 3.05 bits per heavy atom. The molecule has 0 saturated heterocycles. The largest absolute Gasteiger partial charge is 0.333 e. The third-order valence-corrected chi connectivity index (χ3v) is 3.58. The highest BCUT2D eigenvalue weighted by Crippen LogP contribution is 2.14. The molecule has 0 radical (unpaired) electrons. The number of hydrogen-bond acceptors (Lipinski definition) is 3. The van der Waals surface area contributed by atoms with Crippen LogP contribution in [0.25, 0.3) is 0 Å². The van der Waals surface area contributed by atoms with Crippen LogP contribution in [0.3, 0.4) is 0 Å². The first-order chi connectivity index (χ1) is 9.81. The summed E-state index contributed by atoms with van der Waals surface area (Å²) in [7, 11) is 0. The zero-order chi connectivity index (χ0) is 13.8. The second-order valence-corrected chi connectivity index (χ2v) is 5.18. The van der Waals surface area contributed by atoms with Crippen LogP contribution in [-0.4, -0.2) is 15.5 Å². The average molecular weight is 283 g/mol. The molecule has 0 aliphatic heterocycles. The van der Waals surface area contributed by atoms with E-state index in [1.54, 1.807) is 12.5 Å². The predicted molar refractivity (Wildman–Crippen MR) is 80.0 cm³/mol. The summed E-state index contributed by atoms with van der Waals surface area (Å²) in [6.45, 7) is 0.738. The van der Waals surface area contributed by atoms with Gasteiger partial charge in [-0.25, -0.2) is 4.98 Å². The minimum absolute atomic E-state index is 0.0777. The molecule has 0 aliphatic carbocycles. The minimum Gasteiger partial charge on any atom is -0.333 e. The maximum absolute atomic E-state index is 12.0. The molecule has 100 valence electrons. The first-order valence-corrected chi connectivity index (χ1v) is 7.14. The lowest BCUT2D eigenvalue weighted by Gasteiger charge is -2.07. The number of benzene rings is 1. The van der Waals surface area contributed by atoms with Crippen molar-refractivity contribution < 1.29 is 4.79 Å². The number of carbonyl (C=O) groups excluding carboxylic acids is 1. The molecule has 1 amide bonds. The lowest BCUT2D eigenvalue weighted by atomic mass is 10.2. The summed E-state index contributed by atoms with van der Waals surface area (Å²) in [5.74, 6) is -0.0777. The number of carbonyl (C=O) groups is 1. The Labute approximate surface area is 120 Å². The van der Waals surface area contributed by atoms with Crippen molar-refractivity contribution in [2.24, 2.45) is 0 Å². The molecular formula is C15H13N3OS. The van der Waals surface area contributed by atoms with E-state index in [2.05, 4.69) is 10.3 Å². The standard InChI is InChI=1S/C15H13N3OS/c19-15(13-4-7-20-10-13)17-14-3-1-2-12(8-14)9-18-6-5-16-11-18/h1-8,10-11H,9H2,(H,17,19).